The van der Waals surface area contributed by atoms with E-state index in [1.807, 2.05) is 30.3 Å². The number of rotatable bonds is 2. The molecule has 0 fully saturated rings. The van der Waals surface area contributed by atoms with Crippen LogP contribution in [-0.4, -0.2) is 16.7 Å². The van der Waals surface area contributed by atoms with Gasteiger partial charge in [0.15, 0.2) is 0 Å². The van der Waals surface area contributed by atoms with E-state index in [0.29, 0.717) is 0 Å². The normalized spacial score (nSPS) is 11.4. The smallest absolute Gasteiger partial charge is 0.0730 e. The fourth-order valence-electron chi connectivity index (χ4n) is 1.79. The Labute approximate surface area is 123 Å². The summed E-state index contributed by atoms with van der Waals surface area (Å²) in [6.07, 6.45) is 3.28. The van der Waals surface area contributed by atoms with Crippen molar-refractivity contribution in [2.24, 2.45) is 4.36 Å². The van der Waals surface area contributed by atoms with Crippen molar-refractivity contribution in [2.45, 2.75) is 6.92 Å². The molecule has 0 N–H and O–H groups in total. The first-order valence-corrected chi connectivity index (χ1v) is 9.01. The maximum absolute atomic E-state index is 11.6. The van der Waals surface area contributed by atoms with Crippen molar-refractivity contribution in [3.8, 4) is 11.1 Å². The van der Waals surface area contributed by atoms with Gasteiger partial charge >= 0.3 is 0 Å². The van der Waals surface area contributed by atoms with Gasteiger partial charge in [0.05, 0.1) is 5.69 Å². The Morgan fingerprint density at radius 3 is 2.11 bits per heavy atom. The second kappa shape index (κ2) is 5.47. The molecule has 0 aliphatic rings. The molecule has 0 aliphatic heterocycles. The number of benzene rings is 2. The van der Waals surface area contributed by atoms with Crippen LogP contribution in [0.1, 0.15) is 5.56 Å². The molecule has 2 aromatic carbocycles. The van der Waals surface area contributed by atoms with Crippen molar-refractivity contribution in [1.29, 1.82) is 0 Å². The van der Waals surface area contributed by atoms with Crippen molar-refractivity contribution < 1.29 is 4.21 Å². The van der Waals surface area contributed by atoms with E-state index in [1.165, 1.54) is 11.1 Å². The second-order valence-electron chi connectivity index (χ2n) is 4.78. The van der Waals surface area contributed by atoms with Crippen molar-refractivity contribution >= 4 is 31.3 Å². The van der Waals surface area contributed by atoms with Gasteiger partial charge in [0.25, 0.3) is 0 Å². The van der Waals surface area contributed by atoms with E-state index in [2.05, 4.69) is 39.3 Å². The van der Waals surface area contributed by atoms with Gasteiger partial charge in [-0.2, -0.15) is 4.36 Å². The van der Waals surface area contributed by atoms with Gasteiger partial charge in [-0.3, -0.25) is 0 Å². The van der Waals surface area contributed by atoms with E-state index in [-0.39, 0.29) is 0 Å². The minimum atomic E-state index is -2.10. The third-order valence-corrected chi connectivity index (χ3v) is 4.22. The SMILES string of the molecule is Cc1cc(-c2ccc(N=S(C)(C)=O)cc2)ccc1Br. The molecule has 100 valence electrons. The molecule has 0 spiro atoms. The molecule has 2 nitrogen and oxygen atoms in total. The average Bonchev–Trinajstić information content (AvgIpc) is 2.32. The topological polar surface area (TPSA) is 29.4 Å². The molecule has 2 aromatic rings. The van der Waals surface area contributed by atoms with E-state index < -0.39 is 9.73 Å². The largest absolute Gasteiger partial charge is 0.250 e. The van der Waals surface area contributed by atoms with Gasteiger partial charge in [0.1, 0.15) is 0 Å². The van der Waals surface area contributed by atoms with Crippen LogP contribution in [0.3, 0.4) is 0 Å². The molecule has 0 unspecified atom stereocenters. The van der Waals surface area contributed by atoms with E-state index in [0.717, 1.165) is 15.7 Å². The Morgan fingerprint density at radius 2 is 1.58 bits per heavy atom. The summed E-state index contributed by atoms with van der Waals surface area (Å²) >= 11 is 3.50. The highest BCUT2D eigenvalue weighted by Gasteiger charge is 2.01. The third-order valence-electron chi connectivity index (χ3n) is 2.68. The summed E-state index contributed by atoms with van der Waals surface area (Å²) in [7, 11) is -2.10. The molecule has 0 aromatic heterocycles. The molecule has 0 heterocycles. The quantitative estimate of drug-likeness (QED) is 0.775. The van der Waals surface area contributed by atoms with Crippen LogP contribution < -0.4 is 0 Å². The number of hydrogen-bond donors (Lipinski definition) is 0. The Kier molecular flexibility index (Phi) is 4.11. The van der Waals surface area contributed by atoms with Gasteiger partial charge in [-0.1, -0.05) is 40.2 Å². The molecule has 0 bridgehead atoms. The molecule has 0 saturated carbocycles. The summed E-state index contributed by atoms with van der Waals surface area (Å²) in [4.78, 5) is 0. The maximum atomic E-state index is 11.6. The van der Waals surface area contributed by atoms with Crippen LogP contribution in [0, 0.1) is 6.92 Å². The average molecular weight is 338 g/mol. The first-order chi connectivity index (χ1) is 8.85. The minimum Gasteiger partial charge on any atom is -0.250 e. The lowest BCUT2D eigenvalue weighted by atomic mass is 10.0. The first-order valence-electron chi connectivity index (χ1n) is 5.89. The predicted octanol–water partition coefficient (Wildman–Crippen LogP) is 4.78. The standard InChI is InChI=1S/C15H16BrNOS/c1-11-10-13(6-9-15(11)16)12-4-7-14(8-5-12)17-19(2,3)18/h4-10H,1-3H3. The van der Waals surface area contributed by atoms with Gasteiger partial charge < -0.3 is 0 Å². The monoisotopic (exact) mass is 337 g/mol. The molecule has 2 rings (SSSR count). The van der Waals surface area contributed by atoms with E-state index >= 15 is 0 Å². The summed E-state index contributed by atoms with van der Waals surface area (Å²) in [6.45, 7) is 2.07. The fraction of sp³-hybridized carbons (Fsp3) is 0.200. The van der Waals surface area contributed by atoms with Crippen LogP contribution in [0.4, 0.5) is 5.69 Å². The number of halogens is 1. The van der Waals surface area contributed by atoms with Crippen LogP contribution in [0.25, 0.3) is 11.1 Å². The van der Waals surface area contributed by atoms with Crippen molar-refractivity contribution in [1.82, 2.24) is 0 Å². The van der Waals surface area contributed by atoms with Gasteiger partial charge in [-0.15, -0.1) is 0 Å². The van der Waals surface area contributed by atoms with E-state index in [4.69, 9.17) is 0 Å². The van der Waals surface area contributed by atoms with Crippen LogP contribution in [-0.2, 0) is 9.73 Å². The van der Waals surface area contributed by atoms with Gasteiger partial charge in [0.2, 0.25) is 0 Å². The van der Waals surface area contributed by atoms with Crippen LogP contribution in [0.15, 0.2) is 51.3 Å². The lowest BCUT2D eigenvalue weighted by molar-refractivity contribution is 0.684. The Hall–Kier alpha value is -1.13. The van der Waals surface area contributed by atoms with E-state index in [9.17, 15) is 4.21 Å². The molecule has 0 radical (unpaired) electrons. The lowest BCUT2D eigenvalue weighted by Gasteiger charge is -2.05. The second-order valence-corrected chi connectivity index (χ2v) is 8.18. The molecule has 0 amide bonds. The van der Waals surface area contributed by atoms with Crippen LogP contribution in [0.5, 0.6) is 0 Å². The summed E-state index contributed by atoms with van der Waals surface area (Å²) in [5, 5.41) is 0. The van der Waals surface area contributed by atoms with Gasteiger partial charge in [0, 0.05) is 26.7 Å². The zero-order valence-corrected chi connectivity index (χ0v) is 13.6. The van der Waals surface area contributed by atoms with Gasteiger partial charge in [-0.05, 0) is 41.8 Å². The number of hydrogen-bond acceptors (Lipinski definition) is 2. The Morgan fingerprint density at radius 1 is 1.00 bits per heavy atom. The third kappa shape index (κ3) is 3.91. The molecule has 0 atom stereocenters. The molecule has 19 heavy (non-hydrogen) atoms. The fourth-order valence-corrected chi connectivity index (χ4v) is 2.67. The highest BCUT2D eigenvalue weighted by atomic mass is 79.9. The molecular weight excluding hydrogens is 322 g/mol. The van der Waals surface area contributed by atoms with Gasteiger partial charge in [-0.25, -0.2) is 4.21 Å². The lowest BCUT2D eigenvalue weighted by Crippen LogP contribution is -1.88. The molecule has 0 saturated heterocycles. The maximum Gasteiger partial charge on any atom is 0.0730 e. The summed E-state index contributed by atoms with van der Waals surface area (Å²) < 4.78 is 16.9. The van der Waals surface area contributed by atoms with Crippen molar-refractivity contribution in [3.05, 3.63) is 52.5 Å². The summed E-state index contributed by atoms with van der Waals surface area (Å²) in [5.41, 5.74) is 4.26. The van der Waals surface area contributed by atoms with Crippen LogP contribution in [0.2, 0.25) is 0 Å². The molecule has 4 heteroatoms. The zero-order chi connectivity index (χ0) is 14.0. The highest BCUT2D eigenvalue weighted by Crippen LogP contribution is 2.26. The highest BCUT2D eigenvalue weighted by molar-refractivity contribution is 9.10. The Bertz CT molecular complexity index is 705. The van der Waals surface area contributed by atoms with Crippen molar-refractivity contribution in [2.75, 3.05) is 12.5 Å². The Balaban J connectivity index is 2.38. The zero-order valence-electron chi connectivity index (χ0n) is 11.2. The first kappa shape index (κ1) is 14.3. The van der Waals surface area contributed by atoms with E-state index in [1.54, 1.807) is 12.5 Å². The van der Waals surface area contributed by atoms with Crippen LogP contribution >= 0.6 is 15.9 Å². The summed E-state index contributed by atoms with van der Waals surface area (Å²) in [5.74, 6) is 0. The molecule has 0 aliphatic carbocycles. The van der Waals surface area contributed by atoms with Crippen molar-refractivity contribution in [3.63, 3.8) is 0 Å². The number of nitrogens with zero attached hydrogens (tertiary/aromatic N) is 1. The minimum absolute atomic E-state index is 0.757. The predicted molar refractivity (Wildman–Crippen MR) is 86.4 cm³/mol. The molecular formula is C15H16BrNOS. The number of aryl methyl sites for hydroxylation is 1. The summed E-state index contributed by atoms with van der Waals surface area (Å²) in [6, 6.07) is 14.1.